The number of alkyl halides is 3. The molecule has 1 fully saturated rings. The number of rotatable bonds is 10. The number of hydrogen-bond acceptors (Lipinski definition) is 6. The van der Waals surface area contributed by atoms with Gasteiger partial charge in [-0.05, 0) is 55.7 Å². The molecule has 1 amide bonds. The van der Waals surface area contributed by atoms with Crippen molar-refractivity contribution < 1.29 is 36.3 Å². The highest BCUT2D eigenvalue weighted by molar-refractivity contribution is 7.92. The minimum Gasteiger partial charge on any atom is -0.475 e. The molecule has 3 rings (SSSR count). The Hall–Kier alpha value is -3.32. The molecule has 13 heteroatoms. The van der Waals surface area contributed by atoms with Crippen molar-refractivity contribution in [3.8, 4) is 0 Å². The molecule has 0 spiro atoms. The van der Waals surface area contributed by atoms with Crippen LogP contribution in [-0.2, 0) is 21.2 Å². The first-order valence-corrected chi connectivity index (χ1v) is 14.6. The van der Waals surface area contributed by atoms with Gasteiger partial charge in [0, 0.05) is 44.8 Å². The Balaban J connectivity index is 0.000000708. The molecular weight excluding hydrogens is 549 g/mol. The summed E-state index contributed by atoms with van der Waals surface area (Å²) in [5.41, 5.74) is 2.80. The van der Waals surface area contributed by atoms with Crippen LogP contribution >= 0.6 is 0 Å². The highest BCUT2D eigenvalue weighted by atomic mass is 32.2. The van der Waals surface area contributed by atoms with E-state index in [1.165, 1.54) is 0 Å². The molecule has 0 unspecified atom stereocenters. The highest BCUT2D eigenvalue weighted by Crippen LogP contribution is 2.30. The molecule has 3 N–H and O–H groups in total. The largest absolute Gasteiger partial charge is 0.490 e. The SMILES string of the molecule is CCCCN(CC)C(=O)c1ccc(N2CCNCC2)c(NS(=O)(=O)c2ccc(CC)cc2)c1.O=C(O)C(F)(F)F. The van der Waals surface area contributed by atoms with E-state index in [-0.39, 0.29) is 10.8 Å². The van der Waals surface area contributed by atoms with E-state index >= 15 is 0 Å². The Bertz CT molecular complexity index is 1230. The van der Waals surface area contributed by atoms with Crippen LogP contribution in [0.4, 0.5) is 24.5 Å². The summed E-state index contributed by atoms with van der Waals surface area (Å²) in [6.45, 7) is 10.6. The molecule has 222 valence electrons. The zero-order chi connectivity index (χ0) is 29.9. The molecule has 1 aliphatic heterocycles. The number of amides is 1. The standard InChI is InChI=1S/C25H36N4O3S.C2HF3O2/c1-4-7-16-28(6-3)25(30)21-10-13-24(29-17-14-26-15-18-29)23(19-21)27-33(31,32)22-11-8-20(5-2)9-12-22;3-2(4,5)1(6)7/h8-13,19,26-27H,4-7,14-18H2,1-3H3;(H,6,7). The van der Waals surface area contributed by atoms with Crippen molar-refractivity contribution in [1.82, 2.24) is 10.2 Å². The van der Waals surface area contributed by atoms with E-state index in [2.05, 4.69) is 21.9 Å². The lowest BCUT2D eigenvalue weighted by Crippen LogP contribution is -2.43. The van der Waals surface area contributed by atoms with Crippen LogP contribution in [0, 0.1) is 0 Å². The van der Waals surface area contributed by atoms with E-state index in [0.29, 0.717) is 24.3 Å². The van der Waals surface area contributed by atoms with Gasteiger partial charge in [0.2, 0.25) is 0 Å². The summed E-state index contributed by atoms with van der Waals surface area (Å²) in [5.74, 6) is -2.84. The van der Waals surface area contributed by atoms with E-state index in [1.807, 2.05) is 43.0 Å². The highest BCUT2D eigenvalue weighted by Gasteiger charge is 2.38. The molecule has 1 heterocycles. The predicted octanol–water partition coefficient (Wildman–Crippen LogP) is 4.35. The molecule has 2 aromatic rings. The monoisotopic (exact) mass is 586 g/mol. The number of halogens is 3. The topological polar surface area (TPSA) is 119 Å². The fourth-order valence-electron chi connectivity index (χ4n) is 3.98. The molecule has 0 aromatic heterocycles. The molecule has 1 aliphatic rings. The first-order chi connectivity index (χ1) is 18.8. The van der Waals surface area contributed by atoms with Crippen LogP contribution in [0.5, 0.6) is 0 Å². The molecule has 0 radical (unpaired) electrons. The van der Waals surface area contributed by atoms with E-state index in [0.717, 1.165) is 56.7 Å². The molecule has 2 aromatic carbocycles. The summed E-state index contributed by atoms with van der Waals surface area (Å²) in [4.78, 5) is 26.2. The quantitative estimate of drug-likeness (QED) is 0.379. The van der Waals surface area contributed by atoms with E-state index in [9.17, 15) is 26.4 Å². The number of unbranched alkanes of at least 4 members (excludes halogenated alkanes) is 1. The zero-order valence-electron chi connectivity index (χ0n) is 22.9. The van der Waals surface area contributed by atoms with Crippen LogP contribution in [0.25, 0.3) is 0 Å². The first-order valence-electron chi connectivity index (χ1n) is 13.1. The number of sulfonamides is 1. The average molecular weight is 587 g/mol. The van der Waals surface area contributed by atoms with Gasteiger partial charge >= 0.3 is 12.1 Å². The zero-order valence-corrected chi connectivity index (χ0v) is 23.7. The maximum atomic E-state index is 13.2. The average Bonchev–Trinajstić information content (AvgIpc) is 2.93. The molecule has 0 bridgehead atoms. The number of aryl methyl sites for hydroxylation is 1. The van der Waals surface area contributed by atoms with Crippen molar-refractivity contribution in [2.24, 2.45) is 0 Å². The van der Waals surface area contributed by atoms with Crippen LogP contribution in [0.15, 0.2) is 47.4 Å². The second kappa shape index (κ2) is 14.9. The summed E-state index contributed by atoms with van der Waals surface area (Å²) in [7, 11) is -3.80. The van der Waals surface area contributed by atoms with E-state index < -0.39 is 22.2 Å². The van der Waals surface area contributed by atoms with Crippen LogP contribution in [0.3, 0.4) is 0 Å². The predicted molar refractivity (Wildman–Crippen MR) is 148 cm³/mol. The van der Waals surface area contributed by atoms with Gasteiger partial charge < -0.3 is 20.2 Å². The summed E-state index contributed by atoms with van der Waals surface area (Å²) >= 11 is 0. The van der Waals surface area contributed by atoms with Gasteiger partial charge in [-0.2, -0.15) is 13.2 Å². The third kappa shape index (κ3) is 9.40. The minimum absolute atomic E-state index is 0.0782. The third-order valence-electron chi connectivity index (χ3n) is 6.28. The molecule has 0 aliphatic carbocycles. The van der Waals surface area contributed by atoms with Gasteiger partial charge in [0.15, 0.2) is 0 Å². The van der Waals surface area contributed by atoms with Crippen LogP contribution in [0.2, 0.25) is 0 Å². The van der Waals surface area contributed by atoms with Gasteiger partial charge in [0.25, 0.3) is 15.9 Å². The molecule has 0 saturated carbocycles. The summed E-state index contributed by atoms with van der Waals surface area (Å²) in [5, 5.41) is 10.4. The van der Waals surface area contributed by atoms with Crippen molar-refractivity contribution in [2.45, 2.75) is 51.1 Å². The van der Waals surface area contributed by atoms with Crippen LogP contribution in [0.1, 0.15) is 49.5 Å². The number of carboxylic acids is 1. The summed E-state index contributed by atoms with van der Waals surface area (Å²) in [6.07, 6.45) is -2.30. The summed E-state index contributed by atoms with van der Waals surface area (Å²) < 4.78 is 60.9. The summed E-state index contributed by atoms with van der Waals surface area (Å²) in [6, 6.07) is 12.3. The van der Waals surface area contributed by atoms with Crippen molar-refractivity contribution in [2.75, 3.05) is 48.9 Å². The number of benzene rings is 2. The lowest BCUT2D eigenvalue weighted by atomic mass is 10.1. The van der Waals surface area contributed by atoms with Crippen LogP contribution in [-0.4, -0.2) is 75.7 Å². The fraction of sp³-hybridized carbons (Fsp3) is 0.481. The Morgan fingerprint density at radius 1 is 1.05 bits per heavy atom. The first kappa shape index (κ1) is 32.9. The lowest BCUT2D eigenvalue weighted by Gasteiger charge is -2.31. The molecule has 9 nitrogen and oxygen atoms in total. The maximum absolute atomic E-state index is 13.2. The fourth-order valence-corrected chi connectivity index (χ4v) is 5.04. The third-order valence-corrected chi connectivity index (χ3v) is 7.66. The number of nitrogens with zero attached hydrogens (tertiary/aromatic N) is 2. The van der Waals surface area contributed by atoms with Crippen LogP contribution < -0.4 is 14.9 Å². The van der Waals surface area contributed by atoms with Gasteiger partial charge in [-0.1, -0.05) is 32.4 Å². The molecule has 40 heavy (non-hydrogen) atoms. The van der Waals surface area contributed by atoms with Gasteiger partial charge in [-0.3, -0.25) is 9.52 Å². The number of aliphatic carboxylic acids is 1. The smallest absolute Gasteiger partial charge is 0.475 e. The van der Waals surface area contributed by atoms with Gasteiger partial charge in [-0.15, -0.1) is 0 Å². The van der Waals surface area contributed by atoms with Crippen molar-refractivity contribution in [3.05, 3.63) is 53.6 Å². The van der Waals surface area contributed by atoms with E-state index in [1.54, 1.807) is 18.2 Å². The lowest BCUT2D eigenvalue weighted by molar-refractivity contribution is -0.192. The Morgan fingerprint density at radius 2 is 1.65 bits per heavy atom. The number of carbonyl (C=O) groups is 2. The van der Waals surface area contributed by atoms with Gasteiger partial charge in [-0.25, -0.2) is 13.2 Å². The maximum Gasteiger partial charge on any atom is 0.490 e. The van der Waals surface area contributed by atoms with Crippen molar-refractivity contribution in [3.63, 3.8) is 0 Å². The normalized spacial score (nSPS) is 13.7. The Morgan fingerprint density at radius 3 is 2.15 bits per heavy atom. The Labute approximate surface area is 233 Å². The minimum atomic E-state index is -5.08. The number of anilines is 2. The second-order valence-corrected chi connectivity index (χ2v) is 10.8. The molecule has 0 atom stereocenters. The van der Waals surface area contributed by atoms with Gasteiger partial charge in [0.05, 0.1) is 16.3 Å². The number of carboxylic acid groups (broad SMARTS) is 1. The van der Waals surface area contributed by atoms with E-state index in [4.69, 9.17) is 9.90 Å². The van der Waals surface area contributed by atoms with Crippen molar-refractivity contribution >= 4 is 33.3 Å². The second-order valence-electron chi connectivity index (χ2n) is 9.11. The number of carbonyl (C=O) groups excluding carboxylic acids is 1. The number of piperazine rings is 1. The van der Waals surface area contributed by atoms with Crippen molar-refractivity contribution in [1.29, 1.82) is 0 Å². The Kier molecular flexibility index (Phi) is 12.2. The molecule has 1 saturated heterocycles. The number of nitrogens with one attached hydrogen (secondary N) is 2. The number of hydrogen-bond donors (Lipinski definition) is 3. The van der Waals surface area contributed by atoms with Gasteiger partial charge in [0.1, 0.15) is 0 Å². The molecular formula is C27H37F3N4O5S.